The number of amides is 1. The van der Waals surface area contributed by atoms with Crippen LogP contribution in [0.3, 0.4) is 0 Å². The van der Waals surface area contributed by atoms with Crippen LogP contribution in [0.1, 0.15) is 24.2 Å². The summed E-state index contributed by atoms with van der Waals surface area (Å²) in [5.74, 6) is -1.64. The summed E-state index contributed by atoms with van der Waals surface area (Å²) in [6.07, 6.45) is -3.10. The number of benzene rings is 1. The van der Waals surface area contributed by atoms with Gasteiger partial charge in [0.25, 0.3) is 0 Å². The molecule has 1 aromatic carbocycles. The van der Waals surface area contributed by atoms with E-state index in [1.165, 1.54) is 11.0 Å². The maximum atomic E-state index is 13.0. The number of hydrogen-bond acceptors (Lipinski definition) is 4. The molecule has 1 amide bonds. The molecular formula is C18H16Cl3F3N4O. The molecule has 1 aliphatic heterocycles. The third-order valence-electron chi connectivity index (χ3n) is 4.49. The van der Waals surface area contributed by atoms with Gasteiger partial charge in [0, 0.05) is 29.2 Å². The van der Waals surface area contributed by atoms with Crippen molar-refractivity contribution in [2.45, 2.75) is 31.5 Å². The molecule has 2 heterocycles. The molecule has 1 fully saturated rings. The molecule has 0 aliphatic carbocycles. The highest BCUT2D eigenvalue weighted by Crippen LogP contribution is 2.31. The SMILES string of the molecule is O=C(NCCc1ccc(Cl)cc1Cl)[C@@H]1CCCN1c1cc(Cl)nc(C(F)(F)F)n1. The lowest BCUT2D eigenvalue weighted by molar-refractivity contribution is -0.144. The summed E-state index contributed by atoms with van der Waals surface area (Å²) < 4.78 is 38.9. The Morgan fingerprint density at radius 2 is 1.97 bits per heavy atom. The first-order chi connectivity index (χ1) is 13.6. The minimum atomic E-state index is -4.73. The zero-order valence-electron chi connectivity index (χ0n) is 14.9. The van der Waals surface area contributed by atoms with Crippen molar-refractivity contribution in [2.75, 3.05) is 18.0 Å². The third-order valence-corrected chi connectivity index (χ3v) is 5.27. The molecule has 0 unspecified atom stereocenters. The maximum absolute atomic E-state index is 13.0. The number of anilines is 1. The van der Waals surface area contributed by atoms with Crippen molar-refractivity contribution in [3.05, 3.63) is 50.9 Å². The monoisotopic (exact) mass is 466 g/mol. The molecule has 1 saturated heterocycles. The molecule has 1 atom stereocenters. The van der Waals surface area contributed by atoms with Gasteiger partial charge in [0.15, 0.2) is 0 Å². The predicted octanol–water partition coefficient (Wildman–Crippen LogP) is 4.78. The fourth-order valence-corrected chi connectivity index (χ4v) is 3.84. The van der Waals surface area contributed by atoms with Crippen LogP contribution in [-0.2, 0) is 17.4 Å². The molecule has 156 valence electrons. The van der Waals surface area contributed by atoms with Crippen molar-refractivity contribution in [2.24, 2.45) is 0 Å². The molecule has 29 heavy (non-hydrogen) atoms. The molecule has 0 saturated carbocycles. The van der Waals surface area contributed by atoms with Crippen LogP contribution < -0.4 is 10.2 Å². The van der Waals surface area contributed by atoms with Crippen molar-refractivity contribution in [1.82, 2.24) is 15.3 Å². The zero-order valence-corrected chi connectivity index (χ0v) is 17.2. The molecule has 1 aromatic heterocycles. The molecule has 11 heteroatoms. The summed E-state index contributed by atoms with van der Waals surface area (Å²) in [7, 11) is 0. The Morgan fingerprint density at radius 3 is 2.66 bits per heavy atom. The number of alkyl halides is 3. The Hall–Kier alpha value is -1.77. The van der Waals surface area contributed by atoms with Gasteiger partial charge in [0.05, 0.1) is 0 Å². The van der Waals surface area contributed by atoms with Crippen molar-refractivity contribution >= 4 is 46.5 Å². The van der Waals surface area contributed by atoms with Crippen LogP contribution in [-0.4, -0.2) is 35.0 Å². The first kappa shape index (κ1) is 21.9. The van der Waals surface area contributed by atoms with Crippen LogP contribution in [0.4, 0.5) is 19.0 Å². The second kappa shape index (κ2) is 8.93. The van der Waals surface area contributed by atoms with E-state index in [4.69, 9.17) is 34.8 Å². The number of rotatable bonds is 5. The lowest BCUT2D eigenvalue weighted by Crippen LogP contribution is -2.44. The number of carbonyl (C=O) groups is 1. The van der Waals surface area contributed by atoms with E-state index in [1.54, 1.807) is 18.2 Å². The van der Waals surface area contributed by atoms with Crippen molar-refractivity contribution in [1.29, 1.82) is 0 Å². The number of halogens is 6. The summed E-state index contributed by atoms with van der Waals surface area (Å²) in [5.41, 5.74) is 0.831. The van der Waals surface area contributed by atoms with Gasteiger partial charge < -0.3 is 10.2 Å². The average Bonchev–Trinajstić information content (AvgIpc) is 3.12. The van der Waals surface area contributed by atoms with Crippen LogP contribution in [0.15, 0.2) is 24.3 Å². The Labute approximate surface area is 180 Å². The first-order valence-electron chi connectivity index (χ1n) is 8.75. The van der Waals surface area contributed by atoms with E-state index in [0.29, 0.717) is 42.4 Å². The van der Waals surface area contributed by atoms with Crippen LogP contribution >= 0.6 is 34.8 Å². The molecular weight excluding hydrogens is 452 g/mol. The smallest absolute Gasteiger partial charge is 0.354 e. The van der Waals surface area contributed by atoms with Crippen LogP contribution in [0.25, 0.3) is 0 Å². The summed E-state index contributed by atoms with van der Waals surface area (Å²) in [6.45, 7) is 0.717. The van der Waals surface area contributed by atoms with Gasteiger partial charge in [0.2, 0.25) is 11.7 Å². The highest BCUT2D eigenvalue weighted by Gasteiger charge is 2.37. The molecule has 0 bridgehead atoms. The largest absolute Gasteiger partial charge is 0.451 e. The molecule has 0 spiro atoms. The summed E-state index contributed by atoms with van der Waals surface area (Å²) in [5, 5.41) is 3.50. The molecule has 3 rings (SSSR count). The minimum absolute atomic E-state index is 0.0179. The van der Waals surface area contributed by atoms with E-state index < -0.39 is 18.0 Å². The van der Waals surface area contributed by atoms with E-state index in [-0.39, 0.29) is 16.9 Å². The second-order valence-corrected chi connectivity index (χ2v) is 7.73. The molecule has 5 nitrogen and oxygen atoms in total. The van der Waals surface area contributed by atoms with Gasteiger partial charge in [-0.15, -0.1) is 0 Å². The van der Waals surface area contributed by atoms with Crippen LogP contribution in [0, 0.1) is 0 Å². The maximum Gasteiger partial charge on any atom is 0.451 e. The second-order valence-electron chi connectivity index (χ2n) is 6.50. The Bertz CT molecular complexity index is 910. The van der Waals surface area contributed by atoms with Gasteiger partial charge in [-0.25, -0.2) is 9.97 Å². The van der Waals surface area contributed by atoms with E-state index in [0.717, 1.165) is 5.56 Å². The predicted molar refractivity (Wildman–Crippen MR) is 106 cm³/mol. The number of aromatic nitrogens is 2. The highest BCUT2D eigenvalue weighted by molar-refractivity contribution is 6.35. The van der Waals surface area contributed by atoms with E-state index >= 15 is 0 Å². The zero-order chi connectivity index (χ0) is 21.2. The summed E-state index contributed by atoms with van der Waals surface area (Å²) in [4.78, 5) is 20.9. The lowest BCUT2D eigenvalue weighted by Gasteiger charge is -2.25. The van der Waals surface area contributed by atoms with E-state index in [2.05, 4.69) is 15.3 Å². The Balaban J connectivity index is 1.67. The van der Waals surface area contributed by atoms with Gasteiger partial charge in [-0.2, -0.15) is 13.2 Å². The topological polar surface area (TPSA) is 58.1 Å². The lowest BCUT2D eigenvalue weighted by atomic mass is 10.1. The standard InChI is InChI=1S/C18H16Cl3F3N4O/c19-11-4-3-10(12(20)8-11)5-6-25-16(29)13-2-1-7-28(13)15-9-14(21)26-17(27-15)18(22,23)24/h3-4,8-9,13H,1-2,5-7H2,(H,25,29)/t13-/m0/s1. The number of nitrogens with one attached hydrogen (secondary N) is 1. The molecule has 1 N–H and O–H groups in total. The normalized spacial score (nSPS) is 16.9. The van der Waals surface area contributed by atoms with E-state index in [9.17, 15) is 18.0 Å². The molecule has 0 radical (unpaired) electrons. The fraction of sp³-hybridized carbons (Fsp3) is 0.389. The van der Waals surface area contributed by atoms with Gasteiger partial charge in [-0.3, -0.25) is 4.79 Å². The van der Waals surface area contributed by atoms with Gasteiger partial charge in [-0.1, -0.05) is 40.9 Å². The number of hydrogen-bond donors (Lipinski definition) is 1. The average molecular weight is 468 g/mol. The Morgan fingerprint density at radius 1 is 1.21 bits per heavy atom. The highest BCUT2D eigenvalue weighted by atomic mass is 35.5. The minimum Gasteiger partial charge on any atom is -0.354 e. The number of nitrogens with zero attached hydrogens (tertiary/aromatic N) is 3. The van der Waals surface area contributed by atoms with Crippen LogP contribution in [0.2, 0.25) is 15.2 Å². The van der Waals surface area contributed by atoms with Crippen molar-refractivity contribution in [3.63, 3.8) is 0 Å². The summed E-state index contributed by atoms with van der Waals surface area (Å²) in [6, 6.07) is 5.70. The van der Waals surface area contributed by atoms with Gasteiger partial charge in [-0.05, 0) is 37.0 Å². The van der Waals surface area contributed by atoms with E-state index in [1.807, 2.05) is 0 Å². The number of carbonyl (C=O) groups excluding carboxylic acids is 1. The molecule has 2 aromatic rings. The fourth-order valence-electron chi connectivity index (χ4n) is 3.16. The quantitative estimate of drug-likeness (QED) is 0.643. The third kappa shape index (κ3) is 5.43. The van der Waals surface area contributed by atoms with Gasteiger partial charge in [0.1, 0.15) is 17.0 Å². The molecule has 1 aliphatic rings. The van der Waals surface area contributed by atoms with Crippen molar-refractivity contribution < 1.29 is 18.0 Å². The Kier molecular flexibility index (Phi) is 6.76. The first-order valence-corrected chi connectivity index (χ1v) is 9.88. The van der Waals surface area contributed by atoms with Gasteiger partial charge >= 0.3 is 6.18 Å². The summed E-state index contributed by atoms with van der Waals surface area (Å²) >= 11 is 17.7. The van der Waals surface area contributed by atoms with Crippen molar-refractivity contribution in [3.8, 4) is 0 Å². The van der Waals surface area contributed by atoms with Crippen LogP contribution in [0.5, 0.6) is 0 Å².